The molecule has 0 saturated carbocycles. The molecule has 3 aromatic rings. The molecule has 184 valence electrons. The number of hydrogen-bond acceptors (Lipinski definition) is 4. The van der Waals surface area contributed by atoms with Gasteiger partial charge >= 0.3 is 18.5 Å². The molecule has 1 aromatic heterocycles. The van der Waals surface area contributed by atoms with Crippen molar-refractivity contribution < 1.29 is 45.1 Å². The van der Waals surface area contributed by atoms with Crippen LogP contribution < -0.4 is 9.57 Å². The molecule has 1 aliphatic heterocycles. The lowest BCUT2D eigenvalue weighted by Gasteiger charge is -2.25. The average Bonchev–Trinajstić information content (AvgIpc) is 3.11. The van der Waals surface area contributed by atoms with Gasteiger partial charge in [-0.2, -0.15) is 17.9 Å². The molecule has 0 fully saturated rings. The maximum absolute atomic E-state index is 14.4. The van der Waals surface area contributed by atoms with Crippen molar-refractivity contribution in [3.8, 4) is 17.0 Å². The summed E-state index contributed by atoms with van der Waals surface area (Å²) in [5.74, 6) is -3.61. The highest BCUT2D eigenvalue weighted by atomic mass is 19.4. The first-order chi connectivity index (χ1) is 16.4. The molecule has 2 heterocycles. The van der Waals surface area contributed by atoms with E-state index in [-0.39, 0.29) is 30.0 Å². The van der Waals surface area contributed by atoms with Gasteiger partial charge < -0.3 is 14.5 Å². The van der Waals surface area contributed by atoms with Crippen LogP contribution in [0.3, 0.4) is 0 Å². The van der Waals surface area contributed by atoms with E-state index in [9.17, 15) is 35.5 Å². The molecular weight excluding hydrogens is 485 g/mol. The highest BCUT2D eigenvalue weighted by Gasteiger charge is 2.43. The Morgan fingerprint density at radius 3 is 2.29 bits per heavy atom. The molecule has 0 spiro atoms. The van der Waals surface area contributed by atoms with Crippen molar-refractivity contribution in [3.63, 3.8) is 0 Å². The summed E-state index contributed by atoms with van der Waals surface area (Å²) in [6.45, 7) is 0.127. The normalized spacial score (nSPS) is 13.5. The highest BCUT2D eigenvalue weighted by molar-refractivity contribution is 5.77. The Labute approximate surface area is 193 Å². The van der Waals surface area contributed by atoms with Gasteiger partial charge in [0.25, 0.3) is 0 Å². The molecule has 0 saturated heterocycles. The van der Waals surface area contributed by atoms with E-state index in [1.165, 1.54) is 36.4 Å². The van der Waals surface area contributed by atoms with Gasteiger partial charge in [-0.1, -0.05) is 24.3 Å². The van der Waals surface area contributed by atoms with Crippen molar-refractivity contribution in [1.82, 2.24) is 9.63 Å². The molecule has 0 amide bonds. The number of carbonyl (C=O) groups is 1. The van der Waals surface area contributed by atoms with Crippen molar-refractivity contribution >= 4 is 12.0 Å². The second-order valence-electron chi connectivity index (χ2n) is 7.49. The molecule has 1 aliphatic rings. The number of carbonyl (C=O) groups excluding carboxylic acids is 1. The summed E-state index contributed by atoms with van der Waals surface area (Å²) in [5, 5.41) is 0. The van der Waals surface area contributed by atoms with Gasteiger partial charge in [-0.25, -0.2) is 9.18 Å². The van der Waals surface area contributed by atoms with Gasteiger partial charge in [0, 0.05) is 23.9 Å². The van der Waals surface area contributed by atoms with Gasteiger partial charge in [0.1, 0.15) is 11.6 Å². The zero-order valence-electron chi connectivity index (χ0n) is 17.5. The number of nitrogens with zero attached hydrogens (tertiary/aromatic N) is 2. The summed E-state index contributed by atoms with van der Waals surface area (Å²) < 4.78 is 94.6. The molecule has 0 N–H and O–H groups in total. The fraction of sp³-hybridized carbons (Fsp3) is 0.174. The van der Waals surface area contributed by atoms with Gasteiger partial charge in [0.05, 0.1) is 17.9 Å². The quantitative estimate of drug-likeness (QED) is 0.422. The van der Waals surface area contributed by atoms with Crippen LogP contribution in [0.4, 0.5) is 30.7 Å². The molecule has 12 heteroatoms. The van der Waals surface area contributed by atoms with Crippen LogP contribution in [0.25, 0.3) is 17.3 Å². The van der Waals surface area contributed by atoms with E-state index in [2.05, 4.69) is 9.57 Å². The molecule has 0 atom stereocenters. The summed E-state index contributed by atoms with van der Waals surface area (Å²) >= 11 is 0. The number of rotatable bonds is 5. The minimum Gasteiger partial charge on any atom is -0.406 e. The number of alkyl halides is 6. The number of aromatic nitrogens is 1. The SMILES string of the molecule is O=C(On1c(-c2ccccc2F)cc2c1CN(Cc1ccc(OC(F)(F)F)cc1)C=C2)C(F)(F)F. The number of benzene rings is 2. The predicted octanol–water partition coefficient (Wildman–Crippen LogP) is 5.70. The number of fused-ring (bicyclic) bond motifs is 1. The third-order valence-corrected chi connectivity index (χ3v) is 5.01. The van der Waals surface area contributed by atoms with Crippen molar-refractivity contribution in [2.24, 2.45) is 0 Å². The summed E-state index contributed by atoms with van der Waals surface area (Å²) in [5.41, 5.74) is 0.971. The van der Waals surface area contributed by atoms with Crippen molar-refractivity contribution in [3.05, 3.63) is 83.4 Å². The topological polar surface area (TPSA) is 43.7 Å². The molecule has 0 aliphatic carbocycles. The van der Waals surface area contributed by atoms with Gasteiger partial charge in [-0.15, -0.1) is 13.2 Å². The summed E-state index contributed by atoms with van der Waals surface area (Å²) in [6.07, 6.45) is -6.96. The Bertz CT molecular complexity index is 1260. The number of ether oxygens (including phenoxy) is 1. The maximum Gasteiger partial charge on any atom is 0.573 e. The zero-order valence-corrected chi connectivity index (χ0v) is 17.5. The fourth-order valence-electron chi connectivity index (χ4n) is 3.52. The maximum atomic E-state index is 14.4. The molecule has 2 aromatic carbocycles. The molecule has 0 unspecified atom stereocenters. The van der Waals surface area contributed by atoms with Crippen molar-refractivity contribution in [2.75, 3.05) is 0 Å². The first kappa shape index (κ1) is 24.2. The molecular formula is C23H15F7N2O3. The number of halogens is 7. The third-order valence-electron chi connectivity index (χ3n) is 5.01. The molecule has 4 rings (SSSR count). The summed E-state index contributed by atoms with van der Waals surface area (Å²) in [6, 6.07) is 11.8. The lowest BCUT2D eigenvalue weighted by Crippen LogP contribution is -2.35. The lowest BCUT2D eigenvalue weighted by molar-refractivity contribution is -0.274. The first-order valence-electron chi connectivity index (χ1n) is 9.96. The summed E-state index contributed by atoms with van der Waals surface area (Å²) in [4.78, 5) is 17.9. The van der Waals surface area contributed by atoms with Crippen LogP contribution in [-0.4, -0.2) is 28.1 Å². The average molecular weight is 500 g/mol. The third kappa shape index (κ3) is 5.58. The molecule has 5 nitrogen and oxygen atoms in total. The molecule has 0 bridgehead atoms. The second kappa shape index (κ2) is 9.01. The van der Waals surface area contributed by atoms with E-state index in [0.717, 1.165) is 18.2 Å². The zero-order chi connectivity index (χ0) is 25.4. The smallest absolute Gasteiger partial charge is 0.406 e. The fourth-order valence-corrected chi connectivity index (χ4v) is 3.52. The Kier molecular flexibility index (Phi) is 6.22. The van der Waals surface area contributed by atoms with E-state index in [1.807, 2.05) is 0 Å². The molecule has 0 radical (unpaired) electrons. The number of hydrogen-bond donors (Lipinski definition) is 0. The van der Waals surface area contributed by atoms with E-state index in [4.69, 9.17) is 0 Å². The Balaban J connectivity index is 1.62. The predicted molar refractivity (Wildman–Crippen MR) is 109 cm³/mol. The van der Waals surface area contributed by atoms with E-state index in [1.54, 1.807) is 17.2 Å². The van der Waals surface area contributed by atoms with E-state index >= 15 is 0 Å². The Morgan fingerprint density at radius 2 is 1.66 bits per heavy atom. The van der Waals surface area contributed by atoms with Crippen LogP contribution >= 0.6 is 0 Å². The standard InChI is InChI=1S/C23H15F7N2O3/c24-18-4-2-1-3-17(18)19-11-15-9-10-31(13-20(15)32(19)35-21(33)22(25,26)27)12-14-5-7-16(8-6-14)34-23(28,29)30/h1-11H,12-13H2. The van der Waals surface area contributed by atoms with Crippen LogP contribution in [-0.2, 0) is 17.9 Å². The Morgan fingerprint density at radius 1 is 0.971 bits per heavy atom. The molecule has 35 heavy (non-hydrogen) atoms. The monoisotopic (exact) mass is 500 g/mol. The minimum absolute atomic E-state index is 0.0355. The first-order valence-corrected chi connectivity index (χ1v) is 9.96. The second-order valence-corrected chi connectivity index (χ2v) is 7.49. The van der Waals surface area contributed by atoms with Gasteiger partial charge in [0.15, 0.2) is 0 Å². The van der Waals surface area contributed by atoms with Crippen LogP contribution in [0, 0.1) is 5.82 Å². The van der Waals surface area contributed by atoms with Crippen LogP contribution in [0.5, 0.6) is 5.75 Å². The largest absolute Gasteiger partial charge is 0.573 e. The highest BCUT2D eigenvalue weighted by Crippen LogP contribution is 2.32. The van der Waals surface area contributed by atoms with Crippen LogP contribution in [0.2, 0.25) is 0 Å². The van der Waals surface area contributed by atoms with Gasteiger partial charge in [0.2, 0.25) is 0 Å². The van der Waals surface area contributed by atoms with Gasteiger partial charge in [-0.3, -0.25) is 0 Å². The van der Waals surface area contributed by atoms with E-state index in [0.29, 0.717) is 15.9 Å². The van der Waals surface area contributed by atoms with Crippen molar-refractivity contribution in [1.29, 1.82) is 0 Å². The Hall–Kier alpha value is -3.96. The summed E-state index contributed by atoms with van der Waals surface area (Å²) in [7, 11) is 0. The van der Waals surface area contributed by atoms with Crippen molar-refractivity contribution in [2.45, 2.75) is 25.6 Å². The van der Waals surface area contributed by atoms with Crippen LogP contribution in [0.15, 0.2) is 60.8 Å². The van der Waals surface area contributed by atoms with Crippen LogP contribution in [0.1, 0.15) is 16.8 Å². The lowest BCUT2D eigenvalue weighted by atomic mass is 10.1. The minimum atomic E-state index is -5.28. The van der Waals surface area contributed by atoms with Gasteiger partial charge in [-0.05, 0) is 42.0 Å². The van der Waals surface area contributed by atoms with E-state index < -0.39 is 30.1 Å².